The second kappa shape index (κ2) is 9.26. The first kappa shape index (κ1) is 12.2. The molecule has 0 aromatic heterocycles. The van der Waals surface area contributed by atoms with Crippen molar-refractivity contribution >= 4 is 5.97 Å². The third kappa shape index (κ3) is 9.08. The van der Waals surface area contributed by atoms with Crippen LogP contribution in [0.2, 0.25) is 0 Å². The zero-order chi connectivity index (χ0) is 9.94. The minimum absolute atomic E-state index is 0.264. The van der Waals surface area contributed by atoms with Crippen molar-refractivity contribution in [3.05, 3.63) is 12.2 Å². The molecule has 0 heterocycles. The SMILES string of the molecule is CCCCNC/C=C/C(=O)OCC. The molecule has 0 aromatic rings. The highest BCUT2D eigenvalue weighted by molar-refractivity contribution is 5.81. The predicted octanol–water partition coefficient (Wildman–Crippen LogP) is 1.50. The molecule has 0 amide bonds. The second-order valence-corrected chi connectivity index (χ2v) is 2.71. The highest BCUT2D eigenvalue weighted by atomic mass is 16.5. The molecule has 1 N–H and O–H groups in total. The number of esters is 1. The van der Waals surface area contributed by atoms with Crippen molar-refractivity contribution in [3.63, 3.8) is 0 Å². The van der Waals surface area contributed by atoms with Crippen LogP contribution >= 0.6 is 0 Å². The van der Waals surface area contributed by atoms with Crippen LogP contribution in [0.25, 0.3) is 0 Å². The number of carbonyl (C=O) groups is 1. The molecule has 76 valence electrons. The van der Waals surface area contributed by atoms with Crippen LogP contribution < -0.4 is 5.32 Å². The summed E-state index contributed by atoms with van der Waals surface area (Å²) in [6.07, 6.45) is 5.61. The monoisotopic (exact) mass is 185 g/mol. The Labute approximate surface area is 80.2 Å². The molecule has 0 saturated heterocycles. The number of nitrogens with one attached hydrogen (secondary N) is 1. The quantitative estimate of drug-likeness (QED) is 0.371. The maximum absolute atomic E-state index is 10.8. The Kier molecular flexibility index (Phi) is 8.67. The van der Waals surface area contributed by atoms with Gasteiger partial charge in [-0.25, -0.2) is 4.79 Å². The average Bonchev–Trinajstić information content (AvgIpc) is 2.11. The molecule has 3 nitrogen and oxygen atoms in total. The highest BCUT2D eigenvalue weighted by Crippen LogP contribution is 1.83. The highest BCUT2D eigenvalue weighted by Gasteiger charge is 1.91. The van der Waals surface area contributed by atoms with Gasteiger partial charge in [0.15, 0.2) is 0 Å². The molecule has 0 aromatic carbocycles. The fourth-order valence-corrected chi connectivity index (χ4v) is 0.833. The van der Waals surface area contributed by atoms with E-state index < -0.39 is 0 Å². The van der Waals surface area contributed by atoms with Gasteiger partial charge in [-0.15, -0.1) is 0 Å². The lowest BCUT2D eigenvalue weighted by Crippen LogP contribution is -2.15. The van der Waals surface area contributed by atoms with E-state index in [1.54, 1.807) is 13.0 Å². The summed E-state index contributed by atoms with van der Waals surface area (Å²) in [6, 6.07) is 0. The largest absolute Gasteiger partial charge is 0.463 e. The molecule has 0 aliphatic rings. The van der Waals surface area contributed by atoms with Gasteiger partial charge in [-0.05, 0) is 19.9 Å². The number of rotatable bonds is 7. The number of hydrogen-bond donors (Lipinski definition) is 1. The van der Waals surface area contributed by atoms with E-state index in [1.165, 1.54) is 18.9 Å². The van der Waals surface area contributed by atoms with E-state index in [0.717, 1.165) is 13.1 Å². The van der Waals surface area contributed by atoms with Crippen LogP contribution in [-0.4, -0.2) is 25.7 Å². The molecule has 0 radical (unpaired) electrons. The van der Waals surface area contributed by atoms with Crippen LogP contribution in [0.1, 0.15) is 26.7 Å². The van der Waals surface area contributed by atoms with Gasteiger partial charge in [0.05, 0.1) is 6.61 Å². The Balaban J connectivity index is 3.25. The minimum Gasteiger partial charge on any atom is -0.463 e. The first-order chi connectivity index (χ1) is 6.31. The maximum Gasteiger partial charge on any atom is 0.330 e. The summed E-state index contributed by atoms with van der Waals surface area (Å²) in [5, 5.41) is 3.19. The van der Waals surface area contributed by atoms with Gasteiger partial charge in [-0.1, -0.05) is 19.4 Å². The zero-order valence-corrected chi connectivity index (χ0v) is 8.51. The van der Waals surface area contributed by atoms with Crippen LogP contribution in [0.3, 0.4) is 0 Å². The van der Waals surface area contributed by atoms with E-state index in [-0.39, 0.29) is 5.97 Å². The fraction of sp³-hybridized carbons (Fsp3) is 0.700. The van der Waals surface area contributed by atoms with Crippen LogP contribution in [0.4, 0.5) is 0 Å². The first-order valence-electron chi connectivity index (χ1n) is 4.85. The Morgan fingerprint density at radius 1 is 1.46 bits per heavy atom. The number of unbranched alkanes of at least 4 members (excludes halogenated alkanes) is 1. The van der Waals surface area contributed by atoms with Crippen molar-refractivity contribution in [1.29, 1.82) is 0 Å². The standard InChI is InChI=1S/C10H19NO2/c1-3-5-8-11-9-6-7-10(12)13-4-2/h6-7,11H,3-5,8-9H2,1-2H3/b7-6+. The molecule has 0 rings (SSSR count). The van der Waals surface area contributed by atoms with Gasteiger partial charge in [0.25, 0.3) is 0 Å². The number of hydrogen-bond acceptors (Lipinski definition) is 3. The summed E-state index contributed by atoms with van der Waals surface area (Å²) in [6.45, 7) is 6.12. The van der Waals surface area contributed by atoms with E-state index in [2.05, 4.69) is 12.2 Å². The summed E-state index contributed by atoms with van der Waals surface area (Å²) in [5.41, 5.74) is 0. The minimum atomic E-state index is -0.264. The third-order valence-corrected chi connectivity index (χ3v) is 1.51. The van der Waals surface area contributed by atoms with Crippen LogP contribution in [0.5, 0.6) is 0 Å². The molecule has 0 aliphatic heterocycles. The van der Waals surface area contributed by atoms with Crippen molar-refractivity contribution in [2.45, 2.75) is 26.7 Å². The Morgan fingerprint density at radius 3 is 2.85 bits per heavy atom. The van der Waals surface area contributed by atoms with E-state index in [0.29, 0.717) is 6.61 Å². The van der Waals surface area contributed by atoms with E-state index in [4.69, 9.17) is 4.74 Å². The van der Waals surface area contributed by atoms with Gasteiger partial charge in [0.1, 0.15) is 0 Å². The summed E-state index contributed by atoms with van der Waals surface area (Å²) in [4.78, 5) is 10.8. The molecule has 0 atom stereocenters. The Morgan fingerprint density at radius 2 is 2.23 bits per heavy atom. The Hall–Kier alpha value is -0.830. The summed E-state index contributed by atoms with van der Waals surface area (Å²) in [5.74, 6) is -0.264. The van der Waals surface area contributed by atoms with Gasteiger partial charge < -0.3 is 10.1 Å². The van der Waals surface area contributed by atoms with Gasteiger partial charge in [-0.2, -0.15) is 0 Å². The molecule has 0 aliphatic carbocycles. The van der Waals surface area contributed by atoms with Crippen LogP contribution in [-0.2, 0) is 9.53 Å². The molecule has 0 unspecified atom stereocenters. The summed E-state index contributed by atoms with van der Waals surface area (Å²) < 4.78 is 4.72. The second-order valence-electron chi connectivity index (χ2n) is 2.71. The smallest absolute Gasteiger partial charge is 0.330 e. The lowest BCUT2D eigenvalue weighted by atomic mass is 10.3. The van der Waals surface area contributed by atoms with Gasteiger partial charge >= 0.3 is 5.97 Å². The summed E-state index contributed by atoms with van der Waals surface area (Å²) >= 11 is 0. The van der Waals surface area contributed by atoms with Crippen molar-refractivity contribution in [2.75, 3.05) is 19.7 Å². The van der Waals surface area contributed by atoms with Gasteiger partial charge in [-0.3, -0.25) is 0 Å². The maximum atomic E-state index is 10.8. The van der Waals surface area contributed by atoms with Crippen LogP contribution in [0, 0.1) is 0 Å². The molecular formula is C10H19NO2. The normalized spacial score (nSPS) is 10.6. The number of carbonyl (C=O) groups excluding carboxylic acids is 1. The first-order valence-corrected chi connectivity index (χ1v) is 4.85. The average molecular weight is 185 g/mol. The van der Waals surface area contributed by atoms with Crippen molar-refractivity contribution < 1.29 is 9.53 Å². The molecule has 0 saturated carbocycles. The van der Waals surface area contributed by atoms with Crippen LogP contribution in [0.15, 0.2) is 12.2 Å². The lowest BCUT2D eigenvalue weighted by Gasteiger charge is -1.98. The van der Waals surface area contributed by atoms with E-state index >= 15 is 0 Å². The fourth-order valence-electron chi connectivity index (χ4n) is 0.833. The molecule has 0 spiro atoms. The Bertz CT molecular complexity index is 155. The van der Waals surface area contributed by atoms with E-state index in [1.807, 2.05) is 0 Å². The topological polar surface area (TPSA) is 38.3 Å². The lowest BCUT2D eigenvalue weighted by molar-refractivity contribution is -0.137. The number of ether oxygens (including phenoxy) is 1. The molecular weight excluding hydrogens is 166 g/mol. The predicted molar refractivity (Wildman–Crippen MR) is 53.6 cm³/mol. The van der Waals surface area contributed by atoms with Crippen molar-refractivity contribution in [3.8, 4) is 0 Å². The third-order valence-electron chi connectivity index (χ3n) is 1.51. The van der Waals surface area contributed by atoms with Gasteiger partial charge in [0, 0.05) is 12.6 Å². The zero-order valence-electron chi connectivity index (χ0n) is 8.51. The molecule has 0 fully saturated rings. The molecule has 0 bridgehead atoms. The van der Waals surface area contributed by atoms with Crippen molar-refractivity contribution in [1.82, 2.24) is 5.32 Å². The van der Waals surface area contributed by atoms with Crippen molar-refractivity contribution in [2.24, 2.45) is 0 Å². The van der Waals surface area contributed by atoms with Gasteiger partial charge in [0.2, 0.25) is 0 Å². The summed E-state index contributed by atoms with van der Waals surface area (Å²) in [7, 11) is 0. The molecule has 13 heavy (non-hydrogen) atoms. The van der Waals surface area contributed by atoms with E-state index in [9.17, 15) is 4.79 Å². The molecule has 3 heteroatoms.